The first kappa shape index (κ1) is 15.2. The van der Waals surface area contributed by atoms with Crippen molar-refractivity contribution in [3.8, 4) is 22.8 Å². The van der Waals surface area contributed by atoms with Crippen LogP contribution in [-0.2, 0) is 7.05 Å². The van der Waals surface area contributed by atoms with Crippen molar-refractivity contribution < 1.29 is 9.30 Å². The maximum Gasteiger partial charge on any atom is 0.228 e. The number of ether oxygens (including phenoxy) is 1. The van der Waals surface area contributed by atoms with Crippen LogP contribution in [0.5, 0.6) is 11.5 Å². The Morgan fingerprint density at radius 1 is 0.923 bits per heavy atom. The Labute approximate surface area is 153 Å². The molecular formula is C23H21N2O+. The molecule has 0 saturated heterocycles. The van der Waals surface area contributed by atoms with Crippen molar-refractivity contribution in [1.82, 2.24) is 0 Å². The SMILES string of the molecule is Cc1c2c(c(N(C)C)c3ccccc13)Oc1cccc3cc[n+](C)c-2c13. The lowest BCUT2D eigenvalue weighted by Gasteiger charge is -2.27. The van der Waals surface area contributed by atoms with Gasteiger partial charge >= 0.3 is 0 Å². The molecule has 0 N–H and O–H groups in total. The molecule has 0 spiro atoms. The van der Waals surface area contributed by atoms with Gasteiger partial charge < -0.3 is 9.64 Å². The highest BCUT2D eigenvalue weighted by molar-refractivity contribution is 6.10. The van der Waals surface area contributed by atoms with E-state index >= 15 is 0 Å². The Morgan fingerprint density at radius 2 is 1.69 bits per heavy atom. The fourth-order valence-corrected chi connectivity index (χ4v) is 4.27. The van der Waals surface area contributed by atoms with E-state index in [-0.39, 0.29) is 0 Å². The molecule has 128 valence electrons. The number of aryl methyl sites for hydroxylation is 2. The largest absolute Gasteiger partial charge is 0.453 e. The van der Waals surface area contributed by atoms with E-state index < -0.39 is 0 Å². The number of fused-ring (bicyclic) bond motifs is 3. The van der Waals surface area contributed by atoms with Gasteiger partial charge in [0.1, 0.15) is 12.8 Å². The highest BCUT2D eigenvalue weighted by atomic mass is 16.5. The van der Waals surface area contributed by atoms with Crippen LogP contribution in [0.2, 0.25) is 0 Å². The van der Waals surface area contributed by atoms with Gasteiger partial charge in [0.25, 0.3) is 0 Å². The van der Waals surface area contributed by atoms with Gasteiger partial charge in [0.2, 0.25) is 5.69 Å². The quantitative estimate of drug-likeness (QED) is 0.401. The number of benzene rings is 3. The third-order valence-electron chi connectivity index (χ3n) is 5.43. The highest BCUT2D eigenvalue weighted by Gasteiger charge is 2.32. The van der Waals surface area contributed by atoms with Crippen LogP contribution >= 0.6 is 0 Å². The lowest BCUT2D eigenvalue weighted by Crippen LogP contribution is -2.32. The molecule has 26 heavy (non-hydrogen) atoms. The van der Waals surface area contributed by atoms with Crippen LogP contribution in [0.4, 0.5) is 5.69 Å². The van der Waals surface area contributed by atoms with Gasteiger partial charge in [-0.1, -0.05) is 36.4 Å². The Morgan fingerprint density at radius 3 is 2.46 bits per heavy atom. The minimum atomic E-state index is 0.930. The van der Waals surface area contributed by atoms with Crippen LogP contribution in [0.15, 0.2) is 54.7 Å². The average Bonchev–Trinajstić information content (AvgIpc) is 2.64. The van der Waals surface area contributed by atoms with Crippen molar-refractivity contribution in [2.45, 2.75) is 6.92 Å². The fourth-order valence-electron chi connectivity index (χ4n) is 4.27. The average molecular weight is 341 g/mol. The van der Waals surface area contributed by atoms with Crippen molar-refractivity contribution in [1.29, 1.82) is 0 Å². The fraction of sp³-hybridized carbons (Fsp3) is 0.174. The molecule has 0 aliphatic carbocycles. The molecule has 0 radical (unpaired) electrons. The molecule has 1 aromatic heterocycles. The summed E-state index contributed by atoms with van der Waals surface area (Å²) in [5.41, 5.74) is 4.82. The molecule has 1 aliphatic heterocycles. The summed E-state index contributed by atoms with van der Waals surface area (Å²) in [5, 5.41) is 4.89. The second-order valence-corrected chi connectivity index (χ2v) is 7.22. The molecular weight excluding hydrogens is 320 g/mol. The first-order valence-corrected chi connectivity index (χ1v) is 8.90. The Kier molecular flexibility index (Phi) is 3.05. The zero-order valence-electron chi connectivity index (χ0n) is 15.5. The second-order valence-electron chi connectivity index (χ2n) is 7.22. The van der Waals surface area contributed by atoms with Gasteiger partial charge in [0, 0.05) is 25.5 Å². The normalized spacial score (nSPS) is 12.2. The minimum absolute atomic E-state index is 0.930. The topological polar surface area (TPSA) is 16.4 Å². The van der Waals surface area contributed by atoms with Crippen LogP contribution in [0.25, 0.3) is 32.8 Å². The first-order chi connectivity index (χ1) is 12.6. The summed E-state index contributed by atoms with van der Waals surface area (Å²) in [6.45, 7) is 2.21. The maximum absolute atomic E-state index is 6.53. The molecule has 0 amide bonds. The summed E-state index contributed by atoms with van der Waals surface area (Å²) in [6.07, 6.45) is 2.14. The van der Waals surface area contributed by atoms with Crippen molar-refractivity contribution in [2.24, 2.45) is 7.05 Å². The van der Waals surface area contributed by atoms with Gasteiger partial charge in [0.05, 0.1) is 16.6 Å². The number of aromatic nitrogens is 1. The van der Waals surface area contributed by atoms with Gasteiger partial charge in [0.15, 0.2) is 11.9 Å². The molecule has 0 fully saturated rings. The molecule has 0 saturated carbocycles. The number of nitrogens with zero attached hydrogens (tertiary/aromatic N) is 2. The Bertz CT molecular complexity index is 1210. The van der Waals surface area contributed by atoms with Gasteiger partial charge in [-0.15, -0.1) is 0 Å². The summed E-state index contributed by atoms with van der Waals surface area (Å²) in [5.74, 6) is 1.88. The van der Waals surface area contributed by atoms with E-state index in [0.29, 0.717) is 0 Å². The van der Waals surface area contributed by atoms with E-state index in [1.165, 1.54) is 38.4 Å². The third kappa shape index (κ3) is 1.86. The molecule has 2 heterocycles. The molecule has 1 aliphatic rings. The lowest BCUT2D eigenvalue weighted by molar-refractivity contribution is -0.659. The molecule has 0 unspecified atom stereocenters. The third-order valence-corrected chi connectivity index (χ3v) is 5.43. The molecule has 4 aromatic rings. The van der Waals surface area contributed by atoms with E-state index in [1.54, 1.807) is 0 Å². The Hall–Kier alpha value is -3.07. The number of hydrogen-bond acceptors (Lipinski definition) is 2. The second kappa shape index (κ2) is 5.21. The summed E-state index contributed by atoms with van der Waals surface area (Å²) < 4.78 is 8.75. The van der Waals surface area contributed by atoms with Gasteiger partial charge in [-0.05, 0) is 29.3 Å². The van der Waals surface area contributed by atoms with Gasteiger partial charge in [-0.25, -0.2) is 4.57 Å². The summed E-state index contributed by atoms with van der Waals surface area (Å²) >= 11 is 0. The molecule has 0 atom stereocenters. The zero-order chi connectivity index (χ0) is 18.0. The maximum atomic E-state index is 6.53. The summed E-state index contributed by atoms with van der Waals surface area (Å²) in [6, 6.07) is 17.0. The summed E-state index contributed by atoms with van der Waals surface area (Å²) in [4.78, 5) is 2.16. The van der Waals surface area contributed by atoms with Crippen molar-refractivity contribution in [2.75, 3.05) is 19.0 Å². The van der Waals surface area contributed by atoms with E-state index in [1.807, 2.05) is 0 Å². The standard InChI is InChI=1S/C23H21N2O/c1-14-16-9-5-6-10-17(16)21(24(2)3)23-19(14)22-20-15(12-13-25(22)4)8-7-11-18(20)26-23/h5-13H,1-4H3/q+1. The Balaban J connectivity index is 2.05. The monoisotopic (exact) mass is 341 g/mol. The van der Waals surface area contributed by atoms with E-state index in [0.717, 1.165) is 17.2 Å². The zero-order valence-corrected chi connectivity index (χ0v) is 15.5. The number of pyridine rings is 1. The molecule has 5 rings (SSSR count). The summed E-state index contributed by atoms with van der Waals surface area (Å²) in [7, 11) is 6.29. The van der Waals surface area contributed by atoms with Crippen LogP contribution in [0.3, 0.4) is 0 Å². The van der Waals surface area contributed by atoms with E-state index in [4.69, 9.17) is 4.74 Å². The van der Waals surface area contributed by atoms with Crippen molar-refractivity contribution in [3.05, 3.63) is 60.3 Å². The predicted octanol–water partition coefficient (Wildman–Crippen LogP) is 4.96. The highest BCUT2D eigenvalue weighted by Crippen LogP contribution is 2.53. The predicted molar refractivity (Wildman–Crippen MR) is 107 cm³/mol. The molecule has 0 bridgehead atoms. The van der Waals surface area contributed by atoms with E-state index in [2.05, 4.69) is 92.3 Å². The van der Waals surface area contributed by atoms with Crippen LogP contribution < -0.4 is 14.2 Å². The van der Waals surface area contributed by atoms with Crippen LogP contribution in [0.1, 0.15) is 5.56 Å². The van der Waals surface area contributed by atoms with Crippen LogP contribution in [0, 0.1) is 6.92 Å². The minimum Gasteiger partial charge on any atom is -0.453 e. The number of rotatable bonds is 1. The van der Waals surface area contributed by atoms with Crippen LogP contribution in [-0.4, -0.2) is 14.1 Å². The van der Waals surface area contributed by atoms with Crippen molar-refractivity contribution in [3.63, 3.8) is 0 Å². The van der Waals surface area contributed by atoms with Gasteiger partial charge in [-0.2, -0.15) is 0 Å². The smallest absolute Gasteiger partial charge is 0.228 e. The van der Waals surface area contributed by atoms with E-state index in [9.17, 15) is 0 Å². The molecule has 3 nitrogen and oxygen atoms in total. The lowest BCUT2D eigenvalue weighted by atomic mass is 9.90. The number of anilines is 1. The van der Waals surface area contributed by atoms with Crippen molar-refractivity contribution >= 4 is 27.2 Å². The first-order valence-electron chi connectivity index (χ1n) is 8.90. The van der Waals surface area contributed by atoms with Gasteiger partial charge in [-0.3, -0.25) is 0 Å². The molecule has 3 heteroatoms. The molecule has 3 aromatic carbocycles. The number of hydrogen-bond donors (Lipinski definition) is 0.